The van der Waals surface area contributed by atoms with Gasteiger partial charge in [0.25, 0.3) is 0 Å². The van der Waals surface area contributed by atoms with Crippen molar-refractivity contribution in [2.45, 2.75) is 58.6 Å². The number of halogens is 1. The van der Waals surface area contributed by atoms with Gasteiger partial charge < -0.3 is 14.8 Å². The first kappa shape index (κ1) is 20.0. The number of amides is 1. The lowest BCUT2D eigenvalue weighted by Gasteiger charge is -2.35. The van der Waals surface area contributed by atoms with Crippen LogP contribution < -0.4 is 10.1 Å². The smallest absolute Gasteiger partial charge is 0.217 e. The molecule has 5 nitrogen and oxygen atoms in total. The minimum absolute atomic E-state index is 0.00811. The molecular weight excluding hydrogens is 367 g/mol. The number of hydrogen-bond acceptors (Lipinski definition) is 5. The highest BCUT2D eigenvalue weighted by atomic mass is 32.1. The fraction of sp³-hybridized carbons (Fsp3) is 0.600. The molecule has 0 spiro atoms. The molecular formula is C20H27FN2O3S. The van der Waals surface area contributed by atoms with Crippen LogP contribution in [-0.2, 0) is 9.53 Å². The zero-order valence-electron chi connectivity index (χ0n) is 16.3. The van der Waals surface area contributed by atoms with Crippen LogP contribution in [0.25, 0.3) is 10.2 Å². The van der Waals surface area contributed by atoms with Crippen LogP contribution in [-0.4, -0.2) is 36.3 Å². The summed E-state index contributed by atoms with van der Waals surface area (Å²) < 4.78 is 26.8. The van der Waals surface area contributed by atoms with Crippen LogP contribution in [0.4, 0.5) is 4.39 Å². The zero-order valence-corrected chi connectivity index (χ0v) is 17.1. The minimum atomic E-state index is -0.312. The van der Waals surface area contributed by atoms with Crippen molar-refractivity contribution in [3.05, 3.63) is 23.0 Å². The van der Waals surface area contributed by atoms with E-state index in [0.717, 1.165) is 17.8 Å². The monoisotopic (exact) mass is 394 g/mol. The maximum absolute atomic E-state index is 14.7. The summed E-state index contributed by atoms with van der Waals surface area (Å²) in [5, 5.41) is 3.74. The van der Waals surface area contributed by atoms with Gasteiger partial charge in [-0.15, -0.1) is 11.3 Å². The van der Waals surface area contributed by atoms with Gasteiger partial charge in [0.1, 0.15) is 0 Å². The summed E-state index contributed by atoms with van der Waals surface area (Å²) in [6.07, 6.45) is 1.99. The molecule has 1 N–H and O–H groups in total. The predicted molar refractivity (Wildman–Crippen MR) is 105 cm³/mol. The average Bonchev–Trinajstić information content (AvgIpc) is 2.99. The number of aromatic nitrogens is 1. The van der Waals surface area contributed by atoms with Crippen LogP contribution in [0.2, 0.25) is 0 Å². The van der Waals surface area contributed by atoms with Crippen LogP contribution in [0.15, 0.2) is 12.1 Å². The molecule has 7 heteroatoms. The van der Waals surface area contributed by atoms with E-state index in [4.69, 9.17) is 9.47 Å². The molecule has 0 radical (unpaired) electrons. The quantitative estimate of drug-likeness (QED) is 0.727. The minimum Gasteiger partial charge on any atom is -0.490 e. The highest BCUT2D eigenvalue weighted by Gasteiger charge is 2.31. The Morgan fingerprint density at radius 3 is 2.78 bits per heavy atom. The first-order valence-corrected chi connectivity index (χ1v) is 10.3. The van der Waals surface area contributed by atoms with Gasteiger partial charge in [0.05, 0.1) is 34.5 Å². The molecule has 2 aromatic rings. The molecule has 27 heavy (non-hydrogen) atoms. The molecule has 1 amide bonds. The fourth-order valence-corrected chi connectivity index (χ4v) is 4.14. The number of benzene rings is 1. The van der Waals surface area contributed by atoms with Crippen LogP contribution in [0.3, 0.4) is 0 Å². The third-order valence-corrected chi connectivity index (χ3v) is 6.03. The first-order valence-electron chi connectivity index (χ1n) is 9.44. The molecule has 1 aliphatic carbocycles. The number of hydrogen-bond donors (Lipinski definition) is 1. The third kappa shape index (κ3) is 4.96. The number of fused-ring (bicyclic) bond motifs is 1. The van der Waals surface area contributed by atoms with Crippen molar-refractivity contribution in [1.29, 1.82) is 0 Å². The summed E-state index contributed by atoms with van der Waals surface area (Å²) in [6, 6.07) is 3.50. The van der Waals surface area contributed by atoms with Crippen molar-refractivity contribution >= 4 is 27.5 Å². The molecule has 0 saturated heterocycles. The number of carbonyl (C=O) groups excluding carboxylic acids is 1. The number of rotatable bonds is 8. The molecule has 1 aliphatic rings. The Labute approximate surface area is 163 Å². The van der Waals surface area contributed by atoms with Gasteiger partial charge in [-0.05, 0) is 37.8 Å². The SMILES string of the molecule is CC(=O)N[C@@H](C)CO[C@H]1C[C@H](COc2ccc3nc(C(C)C)sc3c2F)C1. The van der Waals surface area contributed by atoms with Crippen molar-refractivity contribution in [2.24, 2.45) is 5.92 Å². The van der Waals surface area contributed by atoms with E-state index in [1.165, 1.54) is 18.3 Å². The summed E-state index contributed by atoms with van der Waals surface area (Å²) in [5.41, 5.74) is 0.693. The number of carbonyl (C=O) groups is 1. The molecule has 148 valence electrons. The normalized spacial score (nSPS) is 20.5. The van der Waals surface area contributed by atoms with Crippen molar-refractivity contribution in [3.63, 3.8) is 0 Å². The summed E-state index contributed by atoms with van der Waals surface area (Å²) in [7, 11) is 0. The van der Waals surface area contributed by atoms with Gasteiger partial charge >= 0.3 is 0 Å². The Kier molecular flexibility index (Phi) is 6.32. The molecule has 1 aromatic carbocycles. The molecule has 1 saturated carbocycles. The molecule has 1 aromatic heterocycles. The van der Waals surface area contributed by atoms with Gasteiger partial charge in [-0.25, -0.2) is 9.37 Å². The van der Waals surface area contributed by atoms with Crippen LogP contribution in [0.1, 0.15) is 51.5 Å². The Bertz CT molecular complexity index is 802. The maximum Gasteiger partial charge on any atom is 0.217 e. The molecule has 0 unspecified atom stereocenters. The second kappa shape index (κ2) is 8.52. The van der Waals surface area contributed by atoms with Gasteiger partial charge in [0.15, 0.2) is 11.6 Å². The van der Waals surface area contributed by atoms with Gasteiger partial charge in [-0.1, -0.05) is 13.8 Å². The van der Waals surface area contributed by atoms with E-state index in [0.29, 0.717) is 35.1 Å². The average molecular weight is 395 g/mol. The molecule has 0 bridgehead atoms. The Morgan fingerprint density at radius 1 is 1.37 bits per heavy atom. The second-order valence-electron chi connectivity index (χ2n) is 7.64. The van der Waals surface area contributed by atoms with E-state index in [-0.39, 0.29) is 29.8 Å². The highest BCUT2D eigenvalue weighted by molar-refractivity contribution is 7.18. The predicted octanol–water partition coefficient (Wildman–Crippen LogP) is 4.26. The van der Waals surface area contributed by atoms with E-state index < -0.39 is 0 Å². The number of nitrogens with zero attached hydrogens (tertiary/aromatic N) is 1. The van der Waals surface area contributed by atoms with Gasteiger partial charge in [-0.3, -0.25) is 4.79 Å². The summed E-state index contributed by atoms with van der Waals surface area (Å²) in [4.78, 5) is 15.5. The lowest BCUT2D eigenvalue weighted by molar-refractivity contribution is -0.120. The summed E-state index contributed by atoms with van der Waals surface area (Å²) >= 11 is 1.40. The highest BCUT2D eigenvalue weighted by Crippen LogP contribution is 2.35. The van der Waals surface area contributed by atoms with E-state index in [9.17, 15) is 9.18 Å². The molecule has 1 atom stereocenters. The zero-order chi connectivity index (χ0) is 19.6. The molecule has 0 aliphatic heterocycles. The van der Waals surface area contributed by atoms with Crippen LogP contribution in [0, 0.1) is 11.7 Å². The summed E-state index contributed by atoms with van der Waals surface area (Å²) in [5.74, 6) is 0.588. The van der Waals surface area contributed by atoms with Crippen molar-refractivity contribution in [3.8, 4) is 5.75 Å². The number of nitrogens with one attached hydrogen (secondary N) is 1. The standard InChI is InChI=1S/C20H27FN2O3S/c1-11(2)20-23-16-5-6-17(18(21)19(16)27-20)26-10-14-7-15(8-14)25-9-12(3)22-13(4)24/h5-6,11-12,14-15H,7-10H2,1-4H3,(H,22,24)/t12-,14-,15-/m0/s1. The van der Waals surface area contributed by atoms with E-state index in [1.54, 1.807) is 6.07 Å². The van der Waals surface area contributed by atoms with Crippen molar-refractivity contribution in [1.82, 2.24) is 10.3 Å². The third-order valence-electron chi connectivity index (χ3n) is 4.67. The largest absolute Gasteiger partial charge is 0.490 e. The number of ether oxygens (including phenoxy) is 2. The van der Waals surface area contributed by atoms with Crippen LogP contribution in [0.5, 0.6) is 5.75 Å². The van der Waals surface area contributed by atoms with Gasteiger partial charge in [0, 0.05) is 18.9 Å². The molecule has 1 heterocycles. The van der Waals surface area contributed by atoms with Crippen LogP contribution >= 0.6 is 11.3 Å². The Hall–Kier alpha value is -1.73. The first-order chi connectivity index (χ1) is 12.8. The van der Waals surface area contributed by atoms with E-state index in [2.05, 4.69) is 24.1 Å². The van der Waals surface area contributed by atoms with Crippen molar-refractivity contribution in [2.75, 3.05) is 13.2 Å². The Morgan fingerprint density at radius 2 is 2.11 bits per heavy atom. The number of thiazole rings is 1. The van der Waals surface area contributed by atoms with Crippen molar-refractivity contribution < 1.29 is 18.7 Å². The second-order valence-corrected chi connectivity index (χ2v) is 8.67. The van der Waals surface area contributed by atoms with E-state index >= 15 is 0 Å². The van der Waals surface area contributed by atoms with Gasteiger partial charge in [0.2, 0.25) is 5.91 Å². The topological polar surface area (TPSA) is 60.5 Å². The molecule has 1 fully saturated rings. The molecule has 3 rings (SSSR count). The lowest BCUT2D eigenvalue weighted by atomic mass is 9.83. The lowest BCUT2D eigenvalue weighted by Crippen LogP contribution is -2.40. The van der Waals surface area contributed by atoms with Gasteiger partial charge in [-0.2, -0.15) is 0 Å². The maximum atomic E-state index is 14.7. The van der Waals surface area contributed by atoms with E-state index in [1.807, 2.05) is 13.0 Å². The Balaban J connectivity index is 1.46. The summed E-state index contributed by atoms with van der Waals surface area (Å²) in [6.45, 7) is 8.52. The fourth-order valence-electron chi connectivity index (χ4n) is 3.14.